The Morgan fingerprint density at radius 2 is 1.00 bits per heavy atom. The molecule has 0 saturated carbocycles. The van der Waals surface area contributed by atoms with Crippen LogP contribution in [0.15, 0.2) is 12.2 Å². The van der Waals surface area contributed by atoms with E-state index in [9.17, 15) is 43.3 Å². The molecule has 184 valence electrons. The van der Waals surface area contributed by atoms with Crippen LogP contribution in [0.4, 0.5) is 0 Å². The number of rotatable bonds is 6. The van der Waals surface area contributed by atoms with Gasteiger partial charge in [0.1, 0.15) is 26.4 Å². The van der Waals surface area contributed by atoms with E-state index in [1.54, 1.807) is 0 Å². The van der Waals surface area contributed by atoms with Crippen LogP contribution in [0.5, 0.6) is 0 Å². The molecule has 2 aliphatic heterocycles. The monoisotopic (exact) mass is 544 g/mol. The molecule has 2 aliphatic rings. The summed E-state index contributed by atoms with van der Waals surface area (Å²) in [6, 6.07) is 0. The maximum atomic E-state index is 11.8. The molecule has 0 aliphatic carbocycles. The number of esters is 2. The summed E-state index contributed by atoms with van der Waals surface area (Å²) in [6.45, 7) is -2.77. The van der Waals surface area contributed by atoms with Gasteiger partial charge < -0.3 is 9.47 Å². The molecule has 0 aromatic carbocycles. The third-order valence-corrected chi connectivity index (χ3v) is 9.90. The summed E-state index contributed by atoms with van der Waals surface area (Å²) in [5, 5.41) is -2.92. The van der Waals surface area contributed by atoms with Crippen LogP contribution in [-0.4, -0.2) is 94.4 Å². The standard InChI is InChI=1S/C12H16O16S4/c13-11(9-5-25-29(15,16)7-31(19,20)27-9)23-3-1-2-4-24-12(14)10-6-26-30(17,18)8-32(21,22)28-10/h1-2,9-10H,3-8H2/b2-1+. The Morgan fingerprint density at radius 3 is 1.34 bits per heavy atom. The maximum Gasteiger partial charge on any atom is 0.339 e. The van der Waals surface area contributed by atoms with Gasteiger partial charge in [-0.25, -0.2) is 9.59 Å². The molecule has 0 amide bonds. The molecule has 0 aromatic heterocycles. The Labute approximate surface area is 182 Å². The van der Waals surface area contributed by atoms with Gasteiger partial charge in [0.2, 0.25) is 10.2 Å². The van der Waals surface area contributed by atoms with Gasteiger partial charge in [-0.15, -0.1) is 0 Å². The normalized spacial score (nSPS) is 28.8. The zero-order valence-corrected chi connectivity index (χ0v) is 19.0. The largest absolute Gasteiger partial charge is 0.459 e. The summed E-state index contributed by atoms with van der Waals surface area (Å²) < 4.78 is 118. The number of hydrogen-bond donors (Lipinski definition) is 0. The first-order valence-corrected chi connectivity index (χ1v) is 14.5. The van der Waals surface area contributed by atoms with Gasteiger partial charge in [0.25, 0.3) is 40.5 Å². The van der Waals surface area contributed by atoms with E-state index < -0.39 is 101 Å². The van der Waals surface area contributed by atoms with E-state index in [1.807, 2.05) is 0 Å². The fourth-order valence-corrected chi connectivity index (χ4v) is 7.47. The van der Waals surface area contributed by atoms with Crippen molar-refractivity contribution in [2.45, 2.75) is 12.2 Å². The molecule has 0 bridgehead atoms. The lowest BCUT2D eigenvalue weighted by atomic mass is 10.4. The van der Waals surface area contributed by atoms with Crippen molar-refractivity contribution in [3.05, 3.63) is 12.2 Å². The number of carbonyl (C=O) groups is 2. The molecular weight excluding hydrogens is 528 g/mol. The van der Waals surface area contributed by atoms with Crippen molar-refractivity contribution in [1.82, 2.24) is 0 Å². The Kier molecular flexibility index (Phi) is 8.36. The summed E-state index contributed by atoms with van der Waals surface area (Å²) in [6.07, 6.45) is -1.43. The van der Waals surface area contributed by atoms with Crippen LogP contribution in [0.2, 0.25) is 0 Å². The first-order chi connectivity index (χ1) is 14.6. The molecule has 32 heavy (non-hydrogen) atoms. The highest BCUT2D eigenvalue weighted by atomic mass is 32.3. The lowest BCUT2D eigenvalue weighted by molar-refractivity contribution is -0.152. The Hall–Kier alpha value is -1.68. The minimum atomic E-state index is -4.59. The predicted molar refractivity (Wildman–Crippen MR) is 98.1 cm³/mol. The fraction of sp³-hybridized carbons (Fsp3) is 0.667. The fourth-order valence-electron chi connectivity index (χ4n) is 2.01. The summed E-state index contributed by atoms with van der Waals surface area (Å²) in [5.74, 6) is -2.49. The molecule has 20 heteroatoms. The van der Waals surface area contributed by atoms with Crippen LogP contribution < -0.4 is 0 Å². The van der Waals surface area contributed by atoms with Crippen molar-refractivity contribution in [2.75, 3.05) is 36.6 Å². The summed E-state index contributed by atoms with van der Waals surface area (Å²) in [5.41, 5.74) is 0. The first kappa shape index (κ1) is 26.6. The average Bonchev–Trinajstić information content (AvgIpc) is 2.81. The number of carbonyl (C=O) groups excluding carboxylic acids is 2. The Bertz CT molecular complexity index is 1080. The third kappa shape index (κ3) is 8.69. The van der Waals surface area contributed by atoms with Gasteiger partial charge in [0.05, 0.1) is 0 Å². The molecule has 0 radical (unpaired) electrons. The van der Waals surface area contributed by atoms with Crippen LogP contribution in [0.3, 0.4) is 0 Å². The highest BCUT2D eigenvalue weighted by molar-refractivity contribution is 8.04. The molecule has 2 heterocycles. The van der Waals surface area contributed by atoms with Gasteiger partial charge in [0, 0.05) is 0 Å². The highest BCUT2D eigenvalue weighted by Gasteiger charge is 2.38. The summed E-state index contributed by atoms with van der Waals surface area (Å²) >= 11 is 0. The first-order valence-electron chi connectivity index (χ1n) is 8.14. The Morgan fingerprint density at radius 1 is 0.656 bits per heavy atom. The van der Waals surface area contributed by atoms with Gasteiger partial charge in [0.15, 0.2) is 12.2 Å². The van der Waals surface area contributed by atoms with Gasteiger partial charge >= 0.3 is 11.9 Å². The zero-order valence-electron chi connectivity index (χ0n) is 15.7. The zero-order chi connectivity index (χ0) is 24.2. The van der Waals surface area contributed by atoms with Crippen molar-refractivity contribution in [1.29, 1.82) is 0 Å². The molecule has 2 saturated heterocycles. The molecular formula is C12H16O16S4. The molecule has 2 rings (SSSR count). The van der Waals surface area contributed by atoms with Gasteiger partial charge in [-0.3, -0.25) is 16.7 Å². The van der Waals surface area contributed by atoms with E-state index in [1.165, 1.54) is 0 Å². The van der Waals surface area contributed by atoms with Crippen molar-refractivity contribution in [3.63, 3.8) is 0 Å². The average molecular weight is 545 g/mol. The van der Waals surface area contributed by atoms with E-state index in [0.29, 0.717) is 0 Å². The van der Waals surface area contributed by atoms with Crippen molar-refractivity contribution >= 4 is 52.4 Å². The second-order valence-corrected chi connectivity index (χ2v) is 13.1. The van der Waals surface area contributed by atoms with E-state index in [-0.39, 0.29) is 0 Å². The van der Waals surface area contributed by atoms with E-state index in [4.69, 9.17) is 0 Å². The topological polar surface area (TPSA) is 226 Å². The molecule has 0 N–H and O–H groups in total. The van der Waals surface area contributed by atoms with Crippen LogP contribution in [0, 0.1) is 0 Å². The van der Waals surface area contributed by atoms with Gasteiger partial charge in [-0.05, 0) is 12.2 Å². The molecule has 0 aromatic rings. The summed E-state index contributed by atoms with van der Waals surface area (Å²) in [4.78, 5) is 23.6. The number of ether oxygens (including phenoxy) is 2. The maximum absolute atomic E-state index is 11.8. The second kappa shape index (κ2) is 10.1. The molecule has 2 atom stereocenters. The van der Waals surface area contributed by atoms with E-state index >= 15 is 0 Å². The van der Waals surface area contributed by atoms with E-state index in [2.05, 4.69) is 26.2 Å². The predicted octanol–water partition coefficient (Wildman–Crippen LogP) is -3.31. The van der Waals surface area contributed by atoms with Gasteiger partial charge in [-0.1, -0.05) is 0 Å². The lowest BCUT2D eigenvalue weighted by Crippen LogP contribution is -2.32. The van der Waals surface area contributed by atoms with Crippen molar-refractivity contribution in [3.8, 4) is 0 Å². The smallest absolute Gasteiger partial charge is 0.339 e. The van der Waals surface area contributed by atoms with E-state index in [0.717, 1.165) is 12.2 Å². The van der Waals surface area contributed by atoms with Crippen molar-refractivity contribution in [2.24, 2.45) is 0 Å². The molecule has 0 spiro atoms. The van der Waals surface area contributed by atoms with Crippen LogP contribution in [-0.2, 0) is 76.3 Å². The SMILES string of the molecule is O=C(OC/C=C/COC(=O)C1COS(=O)(=O)CS(=O)(=O)O1)C1COS(=O)(=O)CS(=O)(=O)O1. The molecule has 2 unspecified atom stereocenters. The second-order valence-electron chi connectivity index (χ2n) is 5.94. The lowest BCUT2D eigenvalue weighted by Gasteiger charge is -2.11. The molecule has 16 nitrogen and oxygen atoms in total. The highest BCUT2D eigenvalue weighted by Crippen LogP contribution is 2.15. The summed E-state index contributed by atoms with van der Waals surface area (Å²) in [7, 11) is -18.0. The Balaban J connectivity index is 1.79. The molecule has 2 fully saturated rings. The van der Waals surface area contributed by atoms with Crippen LogP contribution in [0.1, 0.15) is 0 Å². The van der Waals surface area contributed by atoms with Crippen molar-refractivity contribution < 1.29 is 69.5 Å². The third-order valence-electron chi connectivity index (χ3n) is 3.24. The van der Waals surface area contributed by atoms with Crippen LogP contribution in [0.25, 0.3) is 0 Å². The minimum absolute atomic E-state index is 0.474. The van der Waals surface area contributed by atoms with Crippen LogP contribution >= 0.6 is 0 Å². The minimum Gasteiger partial charge on any atom is -0.459 e. The number of hydrogen-bond acceptors (Lipinski definition) is 16. The quantitative estimate of drug-likeness (QED) is 0.181. The van der Waals surface area contributed by atoms with Gasteiger partial charge in [-0.2, -0.15) is 33.7 Å².